The summed E-state index contributed by atoms with van der Waals surface area (Å²) in [5.74, 6) is -0.176. The van der Waals surface area contributed by atoms with Gasteiger partial charge in [0.15, 0.2) is 0 Å². The standard InChI is InChI=1S/C19H36N2O4/c1-9-15(22)21-19(8,10-2)12-14-24-18(6,7)11-13-20-16(23)25-17(3,4)5/h9H,1,10-14H2,2-8H3,(H,20,23)(H,21,22). The van der Waals surface area contributed by atoms with Gasteiger partial charge in [0.1, 0.15) is 5.60 Å². The number of hydrogen-bond acceptors (Lipinski definition) is 4. The lowest BCUT2D eigenvalue weighted by Gasteiger charge is -2.32. The van der Waals surface area contributed by atoms with E-state index in [-0.39, 0.29) is 17.0 Å². The van der Waals surface area contributed by atoms with Crippen molar-refractivity contribution in [3.63, 3.8) is 0 Å². The molecule has 1 atom stereocenters. The van der Waals surface area contributed by atoms with Gasteiger partial charge in [-0.2, -0.15) is 0 Å². The normalized spacial score (nSPS) is 14.4. The summed E-state index contributed by atoms with van der Waals surface area (Å²) in [6, 6.07) is 0. The van der Waals surface area contributed by atoms with Crippen molar-refractivity contribution in [1.29, 1.82) is 0 Å². The molecular formula is C19H36N2O4. The number of amides is 2. The van der Waals surface area contributed by atoms with Crippen molar-refractivity contribution in [3.8, 4) is 0 Å². The molecule has 0 aromatic carbocycles. The van der Waals surface area contributed by atoms with Gasteiger partial charge < -0.3 is 20.1 Å². The Kier molecular flexibility index (Phi) is 9.19. The van der Waals surface area contributed by atoms with E-state index in [0.717, 1.165) is 6.42 Å². The maximum atomic E-state index is 11.6. The molecule has 25 heavy (non-hydrogen) atoms. The zero-order valence-corrected chi connectivity index (χ0v) is 17.0. The van der Waals surface area contributed by atoms with Crippen LogP contribution in [0.3, 0.4) is 0 Å². The van der Waals surface area contributed by atoms with Crippen molar-refractivity contribution in [1.82, 2.24) is 10.6 Å². The first-order chi connectivity index (χ1) is 11.3. The van der Waals surface area contributed by atoms with Gasteiger partial charge in [0, 0.05) is 18.7 Å². The van der Waals surface area contributed by atoms with Crippen molar-refractivity contribution in [3.05, 3.63) is 12.7 Å². The van der Waals surface area contributed by atoms with Crippen LogP contribution in [0.25, 0.3) is 0 Å². The average molecular weight is 357 g/mol. The highest BCUT2D eigenvalue weighted by molar-refractivity contribution is 5.87. The summed E-state index contributed by atoms with van der Waals surface area (Å²) < 4.78 is 11.2. The van der Waals surface area contributed by atoms with Crippen LogP contribution in [0.5, 0.6) is 0 Å². The minimum Gasteiger partial charge on any atom is -0.444 e. The summed E-state index contributed by atoms with van der Waals surface area (Å²) in [6.07, 6.45) is 3.02. The smallest absolute Gasteiger partial charge is 0.407 e. The lowest BCUT2D eigenvalue weighted by molar-refractivity contribution is -0.118. The van der Waals surface area contributed by atoms with Gasteiger partial charge in [-0.25, -0.2) is 4.79 Å². The van der Waals surface area contributed by atoms with Crippen LogP contribution in [0, 0.1) is 0 Å². The van der Waals surface area contributed by atoms with E-state index >= 15 is 0 Å². The monoisotopic (exact) mass is 356 g/mol. The Hall–Kier alpha value is -1.56. The number of carbonyl (C=O) groups is 2. The van der Waals surface area contributed by atoms with Gasteiger partial charge in [-0.3, -0.25) is 4.79 Å². The van der Waals surface area contributed by atoms with E-state index < -0.39 is 11.7 Å². The number of rotatable bonds is 10. The van der Waals surface area contributed by atoms with E-state index in [9.17, 15) is 9.59 Å². The molecule has 1 unspecified atom stereocenters. The molecule has 0 radical (unpaired) electrons. The first-order valence-electron chi connectivity index (χ1n) is 8.88. The van der Waals surface area contributed by atoms with Crippen molar-refractivity contribution in [2.75, 3.05) is 13.2 Å². The second-order valence-electron chi connectivity index (χ2n) is 8.14. The molecule has 2 amide bonds. The molecule has 146 valence electrons. The van der Waals surface area contributed by atoms with Crippen LogP contribution in [0.4, 0.5) is 4.79 Å². The van der Waals surface area contributed by atoms with E-state index in [4.69, 9.17) is 9.47 Å². The minimum absolute atomic E-state index is 0.176. The van der Waals surface area contributed by atoms with Crippen LogP contribution in [0.1, 0.15) is 67.7 Å². The molecule has 0 aliphatic heterocycles. The topological polar surface area (TPSA) is 76.7 Å². The van der Waals surface area contributed by atoms with Gasteiger partial charge in [-0.15, -0.1) is 0 Å². The molecule has 0 aliphatic rings. The third-order valence-electron chi connectivity index (χ3n) is 3.93. The lowest BCUT2D eigenvalue weighted by Crippen LogP contribution is -2.46. The van der Waals surface area contributed by atoms with Crippen LogP contribution >= 0.6 is 0 Å². The molecular weight excluding hydrogens is 320 g/mol. The largest absolute Gasteiger partial charge is 0.444 e. The highest BCUT2D eigenvalue weighted by Gasteiger charge is 2.26. The number of hydrogen-bond donors (Lipinski definition) is 2. The van der Waals surface area contributed by atoms with Gasteiger partial charge in [0.2, 0.25) is 5.91 Å². The van der Waals surface area contributed by atoms with Gasteiger partial charge >= 0.3 is 6.09 Å². The van der Waals surface area contributed by atoms with Crippen molar-refractivity contribution in [2.24, 2.45) is 0 Å². The zero-order chi connectivity index (χ0) is 19.7. The molecule has 2 N–H and O–H groups in total. The summed E-state index contributed by atoms with van der Waals surface area (Å²) in [5.41, 5.74) is -1.21. The van der Waals surface area contributed by atoms with E-state index in [1.165, 1.54) is 6.08 Å². The van der Waals surface area contributed by atoms with E-state index in [0.29, 0.717) is 26.0 Å². The lowest BCUT2D eigenvalue weighted by atomic mass is 9.94. The van der Waals surface area contributed by atoms with Crippen molar-refractivity contribution >= 4 is 12.0 Å². The Morgan fingerprint density at radius 2 is 1.68 bits per heavy atom. The van der Waals surface area contributed by atoms with Gasteiger partial charge in [0.25, 0.3) is 0 Å². The Balaban J connectivity index is 4.24. The molecule has 0 bridgehead atoms. The first-order valence-corrected chi connectivity index (χ1v) is 8.88. The van der Waals surface area contributed by atoms with Gasteiger partial charge in [-0.1, -0.05) is 13.5 Å². The molecule has 6 heteroatoms. The highest BCUT2D eigenvalue weighted by atomic mass is 16.6. The molecule has 0 saturated heterocycles. The molecule has 0 aromatic heterocycles. The predicted octanol–water partition coefficient (Wildman–Crippen LogP) is 3.56. The Morgan fingerprint density at radius 3 is 2.16 bits per heavy atom. The second kappa shape index (κ2) is 9.80. The third-order valence-corrected chi connectivity index (χ3v) is 3.93. The van der Waals surface area contributed by atoms with Gasteiger partial charge in [0.05, 0.1) is 5.60 Å². The number of ether oxygens (including phenoxy) is 2. The van der Waals surface area contributed by atoms with Crippen LogP contribution in [0.15, 0.2) is 12.7 Å². The first kappa shape index (κ1) is 23.4. The Bertz CT molecular complexity index is 455. The van der Waals surface area contributed by atoms with Crippen molar-refractivity contribution in [2.45, 2.75) is 84.5 Å². The molecule has 0 aliphatic carbocycles. The minimum atomic E-state index is -0.503. The molecule has 0 fully saturated rings. The summed E-state index contributed by atoms with van der Waals surface area (Å²) in [5, 5.41) is 5.69. The summed E-state index contributed by atoms with van der Waals surface area (Å²) in [6.45, 7) is 17.9. The fraction of sp³-hybridized carbons (Fsp3) is 0.789. The summed E-state index contributed by atoms with van der Waals surface area (Å²) in [7, 11) is 0. The van der Waals surface area contributed by atoms with Crippen LogP contribution in [-0.2, 0) is 14.3 Å². The quantitative estimate of drug-likeness (QED) is 0.587. The van der Waals surface area contributed by atoms with E-state index in [1.807, 2.05) is 48.5 Å². The average Bonchev–Trinajstić information content (AvgIpc) is 2.44. The number of nitrogens with one attached hydrogen (secondary N) is 2. The van der Waals surface area contributed by atoms with Crippen molar-refractivity contribution < 1.29 is 19.1 Å². The molecule has 6 nitrogen and oxygen atoms in total. The fourth-order valence-corrected chi connectivity index (χ4v) is 2.08. The van der Waals surface area contributed by atoms with Crippen LogP contribution in [-0.4, -0.2) is 41.9 Å². The fourth-order valence-electron chi connectivity index (χ4n) is 2.08. The van der Waals surface area contributed by atoms with E-state index in [1.54, 1.807) is 0 Å². The molecule has 0 saturated carbocycles. The summed E-state index contributed by atoms with van der Waals surface area (Å²) >= 11 is 0. The molecule has 0 rings (SSSR count). The molecule has 0 aromatic rings. The zero-order valence-electron chi connectivity index (χ0n) is 17.0. The number of alkyl carbamates (subject to hydrolysis) is 1. The second-order valence-corrected chi connectivity index (χ2v) is 8.14. The van der Waals surface area contributed by atoms with Crippen LogP contribution in [0.2, 0.25) is 0 Å². The highest BCUT2D eigenvalue weighted by Crippen LogP contribution is 2.19. The Labute approximate surface area is 152 Å². The Morgan fingerprint density at radius 1 is 1.08 bits per heavy atom. The maximum absolute atomic E-state index is 11.6. The SMILES string of the molecule is C=CC(=O)NC(C)(CC)CCOC(C)(C)CCNC(=O)OC(C)(C)C. The van der Waals surface area contributed by atoms with E-state index in [2.05, 4.69) is 17.2 Å². The third kappa shape index (κ3) is 11.6. The summed E-state index contributed by atoms with van der Waals surface area (Å²) in [4.78, 5) is 23.2. The molecule has 0 heterocycles. The molecule has 0 spiro atoms. The van der Waals surface area contributed by atoms with Gasteiger partial charge in [-0.05, 0) is 66.9 Å². The predicted molar refractivity (Wildman–Crippen MR) is 101 cm³/mol. The van der Waals surface area contributed by atoms with Crippen LogP contribution < -0.4 is 10.6 Å². The maximum Gasteiger partial charge on any atom is 0.407 e. The number of carbonyl (C=O) groups excluding carboxylic acids is 2.